The monoisotopic (exact) mass is 387 g/mol. The van der Waals surface area contributed by atoms with Crippen LogP contribution in [0.1, 0.15) is 37.7 Å². The third kappa shape index (κ3) is 5.31. The second-order valence-corrected chi connectivity index (χ2v) is 7.81. The summed E-state index contributed by atoms with van der Waals surface area (Å²) in [5.41, 5.74) is 2.33. The smallest absolute Gasteiger partial charge is 0.163 e. The molecule has 5 nitrogen and oxygen atoms in total. The van der Waals surface area contributed by atoms with Crippen molar-refractivity contribution < 1.29 is 0 Å². The summed E-state index contributed by atoms with van der Waals surface area (Å²) in [6.45, 7) is 0.887. The van der Waals surface area contributed by atoms with Gasteiger partial charge in [0.2, 0.25) is 0 Å². The first-order valence-corrected chi connectivity index (χ1v) is 10.6. The van der Waals surface area contributed by atoms with Gasteiger partial charge in [-0.2, -0.15) is 0 Å². The Morgan fingerprint density at radius 3 is 2.48 bits per heavy atom. The third-order valence-electron chi connectivity index (χ3n) is 5.58. The lowest BCUT2D eigenvalue weighted by Crippen LogP contribution is -2.25. The van der Waals surface area contributed by atoms with Gasteiger partial charge in [0.25, 0.3) is 0 Å². The number of nitrogens with zero attached hydrogens (tertiary/aromatic N) is 4. The van der Waals surface area contributed by atoms with E-state index in [0.29, 0.717) is 6.04 Å². The molecule has 0 radical (unpaired) electrons. The van der Waals surface area contributed by atoms with E-state index < -0.39 is 0 Å². The molecule has 1 aliphatic rings. The number of benzene rings is 1. The van der Waals surface area contributed by atoms with Gasteiger partial charge in [-0.25, -0.2) is 9.97 Å². The zero-order valence-electron chi connectivity index (χ0n) is 17.1. The van der Waals surface area contributed by atoms with Gasteiger partial charge < -0.3 is 10.2 Å². The quantitative estimate of drug-likeness (QED) is 0.621. The van der Waals surface area contributed by atoms with E-state index in [0.717, 1.165) is 36.0 Å². The Balaban J connectivity index is 1.56. The summed E-state index contributed by atoms with van der Waals surface area (Å²) in [4.78, 5) is 16.0. The number of hydrogen-bond acceptors (Lipinski definition) is 5. The molecule has 29 heavy (non-hydrogen) atoms. The van der Waals surface area contributed by atoms with Crippen molar-refractivity contribution in [3.63, 3.8) is 0 Å². The Bertz CT molecular complexity index is 892. The minimum Gasteiger partial charge on any atom is -0.367 e. The van der Waals surface area contributed by atoms with Crippen molar-refractivity contribution in [2.75, 3.05) is 23.8 Å². The molecule has 1 N–H and O–H groups in total. The maximum absolute atomic E-state index is 4.87. The second kappa shape index (κ2) is 9.50. The molecular formula is C24H29N5. The maximum Gasteiger partial charge on any atom is 0.163 e. The van der Waals surface area contributed by atoms with Crippen LogP contribution in [0.3, 0.4) is 0 Å². The van der Waals surface area contributed by atoms with Gasteiger partial charge in [0.1, 0.15) is 11.6 Å². The molecule has 1 fully saturated rings. The van der Waals surface area contributed by atoms with Gasteiger partial charge >= 0.3 is 0 Å². The van der Waals surface area contributed by atoms with E-state index in [1.54, 1.807) is 0 Å². The van der Waals surface area contributed by atoms with Crippen molar-refractivity contribution in [1.29, 1.82) is 0 Å². The van der Waals surface area contributed by atoms with Crippen LogP contribution in [0.5, 0.6) is 0 Å². The highest BCUT2D eigenvalue weighted by atomic mass is 15.2. The molecule has 0 unspecified atom stereocenters. The van der Waals surface area contributed by atoms with Crippen LogP contribution < -0.4 is 10.2 Å². The van der Waals surface area contributed by atoms with Crippen LogP contribution in [-0.2, 0) is 6.42 Å². The van der Waals surface area contributed by atoms with E-state index in [1.165, 1.54) is 37.7 Å². The Morgan fingerprint density at radius 2 is 1.72 bits per heavy atom. The number of hydrogen-bond donors (Lipinski definition) is 1. The van der Waals surface area contributed by atoms with Gasteiger partial charge in [0.05, 0.1) is 0 Å². The van der Waals surface area contributed by atoms with Crippen LogP contribution in [0.15, 0.2) is 60.9 Å². The molecule has 0 spiro atoms. The minimum atomic E-state index is 0.511. The van der Waals surface area contributed by atoms with Crippen LogP contribution in [0.4, 0.5) is 11.6 Å². The molecular weight excluding hydrogens is 358 g/mol. The zero-order valence-corrected chi connectivity index (χ0v) is 17.1. The molecule has 5 heteroatoms. The molecule has 2 aromatic heterocycles. The number of nitrogens with one attached hydrogen (secondary N) is 1. The fraction of sp³-hybridized carbons (Fsp3) is 0.375. The lowest BCUT2D eigenvalue weighted by Gasteiger charge is -2.25. The molecule has 4 rings (SSSR count). The number of rotatable bonds is 7. The normalized spacial score (nSPS) is 14.5. The lowest BCUT2D eigenvalue weighted by molar-refractivity contribution is 0.462. The van der Waals surface area contributed by atoms with Crippen molar-refractivity contribution in [2.24, 2.45) is 0 Å². The average Bonchev–Trinajstić information content (AvgIpc) is 2.79. The van der Waals surface area contributed by atoms with Gasteiger partial charge in [-0.15, -0.1) is 0 Å². The minimum absolute atomic E-state index is 0.511. The summed E-state index contributed by atoms with van der Waals surface area (Å²) in [5, 5.41) is 3.67. The molecule has 0 atom stereocenters. The average molecular weight is 388 g/mol. The zero-order chi connectivity index (χ0) is 19.9. The molecule has 3 aromatic rings. The Hall–Kier alpha value is -2.95. The predicted octanol–water partition coefficient (Wildman–Crippen LogP) is 4.96. The third-order valence-corrected chi connectivity index (χ3v) is 5.58. The highest BCUT2D eigenvalue weighted by Crippen LogP contribution is 2.25. The van der Waals surface area contributed by atoms with Gasteiger partial charge in [0, 0.05) is 43.7 Å². The van der Waals surface area contributed by atoms with Gasteiger partial charge in [0.15, 0.2) is 5.82 Å². The number of pyridine rings is 1. The fourth-order valence-corrected chi connectivity index (χ4v) is 3.84. The largest absolute Gasteiger partial charge is 0.367 e. The molecule has 0 saturated heterocycles. The predicted molar refractivity (Wildman–Crippen MR) is 119 cm³/mol. The van der Waals surface area contributed by atoms with Gasteiger partial charge in [-0.3, -0.25) is 4.98 Å². The van der Waals surface area contributed by atoms with Crippen molar-refractivity contribution in [3.8, 4) is 11.4 Å². The van der Waals surface area contributed by atoms with Crippen molar-refractivity contribution >= 4 is 11.6 Å². The fourth-order valence-electron chi connectivity index (χ4n) is 3.84. The van der Waals surface area contributed by atoms with Crippen molar-refractivity contribution in [2.45, 2.75) is 44.6 Å². The van der Waals surface area contributed by atoms with E-state index in [4.69, 9.17) is 9.97 Å². The summed E-state index contributed by atoms with van der Waals surface area (Å²) < 4.78 is 0. The van der Waals surface area contributed by atoms with E-state index in [9.17, 15) is 0 Å². The Labute approximate surface area is 173 Å². The molecule has 1 saturated carbocycles. The molecule has 0 aliphatic heterocycles. The summed E-state index contributed by atoms with van der Waals surface area (Å²) in [5.74, 6) is 2.65. The number of anilines is 2. The van der Waals surface area contributed by atoms with E-state index >= 15 is 0 Å². The maximum atomic E-state index is 4.87. The van der Waals surface area contributed by atoms with Crippen LogP contribution >= 0.6 is 0 Å². The highest BCUT2D eigenvalue weighted by Gasteiger charge is 2.16. The first-order valence-electron chi connectivity index (χ1n) is 10.6. The standard InChI is InChI=1S/C24H29N5/c1-29(17-14-19-12-15-25-16-13-19)23-18-22(26-21-10-6-3-7-11-21)27-24(28-23)20-8-4-2-5-9-20/h2,4-5,8-9,12-13,15-16,18,21H,3,6-7,10-11,14,17H2,1H3,(H,26,27,28). The molecule has 0 bridgehead atoms. The Morgan fingerprint density at radius 1 is 0.966 bits per heavy atom. The molecule has 2 heterocycles. The summed E-state index contributed by atoms with van der Waals surface area (Å²) in [6, 6.07) is 17.0. The van der Waals surface area contributed by atoms with E-state index in [-0.39, 0.29) is 0 Å². The first-order chi connectivity index (χ1) is 14.3. The van der Waals surface area contributed by atoms with E-state index in [2.05, 4.69) is 52.6 Å². The summed E-state index contributed by atoms with van der Waals surface area (Å²) >= 11 is 0. The van der Waals surface area contributed by atoms with Crippen LogP contribution in [0.2, 0.25) is 0 Å². The number of aromatic nitrogens is 3. The van der Waals surface area contributed by atoms with Gasteiger partial charge in [-0.1, -0.05) is 49.6 Å². The van der Waals surface area contributed by atoms with Crippen molar-refractivity contribution in [3.05, 3.63) is 66.5 Å². The second-order valence-electron chi connectivity index (χ2n) is 7.81. The number of likely N-dealkylation sites (N-methyl/N-ethyl adjacent to an activating group) is 1. The SMILES string of the molecule is CN(CCc1ccncc1)c1cc(NC2CCCCC2)nc(-c2ccccc2)n1. The summed E-state index contributed by atoms with van der Waals surface area (Å²) in [6.07, 6.45) is 11.0. The van der Waals surface area contributed by atoms with Crippen LogP contribution in [-0.4, -0.2) is 34.6 Å². The lowest BCUT2D eigenvalue weighted by atomic mass is 9.95. The summed E-state index contributed by atoms with van der Waals surface area (Å²) in [7, 11) is 2.10. The molecule has 1 aromatic carbocycles. The van der Waals surface area contributed by atoms with Gasteiger partial charge in [-0.05, 0) is 37.0 Å². The highest BCUT2D eigenvalue weighted by molar-refractivity contribution is 5.61. The molecule has 0 amide bonds. The van der Waals surface area contributed by atoms with Crippen molar-refractivity contribution in [1.82, 2.24) is 15.0 Å². The van der Waals surface area contributed by atoms with Crippen LogP contribution in [0.25, 0.3) is 11.4 Å². The Kier molecular flexibility index (Phi) is 6.35. The molecule has 150 valence electrons. The topological polar surface area (TPSA) is 53.9 Å². The molecule has 1 aliphatic carbocycles. The van der Waals surface area contributed by atoms with Crippen LogP contribution in [0, 0.1) is 0 Å². The first kappa shape index (κ1) is 19.4. The van der Waals surface area contributed by atoms with E-state index in [1.807, 2.05) is 30.6 Å².